The summed E-state index contributed by atoms with van der Waals surface area (Å²) in [4.78, 5) is 14.7. The summed E-state index contributed by atoms with van der Waals surface area (Å²) in [5.41, 5.74) is 7.24. The van der Waals surface area contributed by atoms with Crippen LogP contribution in [0.5, 0.6) is 0 Å². The summed E-state index contributed by atoms with van der Waals surface area (Å²) in [6.07, 6.45) is 9.28. The van der Waals surface area contributed by atoms with Crippen molar-refractivity contribution >= 4 is 5.91 Å². The van der Waals surface area contributed by atoms with E-state index in [1.807, 2.05) is 6.20 Å². The van der Waals surface area contributed by atoms with Gasteiger partial charge >= 0.3 is 0 Å². The SMILES string of the molecule is CC(C)C(N)c1cnn(C2CCN(C(=O)C3(C)CCC3)CC2)c1. The first-order valence-corrected chi connectivity index (χ1v) is 9.00. The second kappa shape index (κ2) is 6.27. The molecule has 3 rings (SSSR count). The van der Waals surface area contributed by atoms with Crippen LogP contribution in [0.25, 0.3) is 0 Å². The van der Waals surface area contributed by atoms with Gasteiger partial charge in [-0.1, -0.05) is 27.2 Å². The van der Waals surface area contributed by atoms with Crippen LogP contribution in [-0.2, 0) is 4.79 Å². The summed E-state index contributed by atoms with van der Waals surface area (Å²) in [5, 5.41) is 4.52. The van der Waals surface area contributed by atoms with E-state index in [1.165, 1.54) is 6.42 Å². The highest BCUT2D eigenvalue weighted by Crippen LogP contribution is 2.42. The maximum absolute atomic E-state index is 12.6. The predicted octanol–water partition coefficient (Wildman–Crippen LogP) is 2.89. The second-order valence-corrected chi connectivity index (χ2v) is 7.96. The monoisotopic (exact) mass is 318 g/mol. The van der Waals surface area contributed by atoms with Crippen molar-refractivity contribution in [3.63, 3.8) is 0 Å². The largest absolute Gasteiger partial charge is 0.342 e. The highest BCUT2D eigenvalue weighted by molar-refractivity contribution is 5.83. The van der Waals surface area contributed by atoms with E-state index < -0.39 is 0 Å². The van der Waals surface area contributed by atoms with Gasteiger partial charge < -0.3 is 10.6 Å². The topological polar surface area (TPSA) is 64.2 Å². The molecule has 0 spiro atoms. The Kier molecular flexibility index (Phi) is 4.50. The van der Waals surface area contributed by atoms with Gasteiger partial charge in [-0.3, -0.25) is 9.48 Å². The van der Waals surface area contributed by atoms with Gasteiger partial charge in [0, 0.05) is 36.3 Å². The second-order valence-electron chi connectivity index (χ2n) is 7.96. The maximum Gasteiger partial charge on any atom is 0.228 e. The van der Waals surface area contributed by atoms with Crippen LogP contribution in [0.4, 0.5) is 0 Å². The van der Waals surface area contributed by atoms with Crippen molar-refractivity contribution in [1.29, 1.82) is 0 Å². The van der Waals surface area contributed by atoms with E-state index in [0.29, 0.717) is 17.9 Å². The molecule has 1 aliphatic carbocycles. The van der Waals surface area contributed by atoms with E-state index in [2.05, 4.69) is 41.6 Å². The Hall–Kier alpha value is -1.36. The van der Waals surface area contributed by atoms with E-state index in [-0.39, 0.29) is 11.5 Å². The third kappa shape index (κ3) is 3.16. The van der Waals surface area contributed by atoms with E-state index in [0.717, 1.165) is 44.3 Å². The number of piperidine rings is 1. The van der Waals surface area contributed by atoms with Crippen LogP contribution in [0.2, 0.25) is 0 Å². The highest BCUT2D eigenvalue weighted by atomic mass is 16.2. The number of amides is 1. The fourth-order valence-corrected chi connectivity index (χ4v) is 3.75. The summed E-state index contributed by atoms with van der Waals surface area (Å²) in [5.74, 6) is 0.778. The average molecular weight is 318 g/mol. The zero-order valence-electron chi connectivity index (χ0n) is 14.7. The molecule has 1 saturated heterocycles. The molecule has 23 heavy (non-hydrogen) atoms. The predicted molar refractivity (Wildman–Crippen MR) is 90.8 cm³/mol. The lowest BCUT2D eigenvalue weighted by Crippen LogP contribution is -2.49. The van der Waals surface area contributed by atoms with E-state index >= 15 is 0 Å². The first-order chi connectivity index (χ1) is 10.9. The molecule has 2 heterocycles. The number of nitrogens with zero attached hydrogens (tertiary/aromatic N) is 3. The standard InChI is InChI=1S/C18H30N4O/c1-13(2)16(19)14-11-20-22(12-14)15-5-9-21(10-6-15)17(23)18(3)7-4-8-18/h11-13,15-16H,4-10,19H2,1-3H3. The average Bonchev–Trinajstić information content (AvgIpc) is 3.01. The minimum absolute atomic E-state index is 0.0454. The Bertz CT molecular complexity index is 553. The number of hydrogen-bond acceptors (Lipinski definition) is 3. The zero-order valence-corrected chi connectivity index (χ0v) is 14.7. The van der Waals surface area contributed by atoms with Crippen LogP contribution in [0.1, 0.15) is 70.5 Å². The molecule has 1 aliphatic heterocycles. The quantitative estimate of drug-likeness (QED) is 0.928. The molecular formula is C18H30N4O. The minimum Gasteiger partial charge on any atom is -0.342 e. The molecule has 1 saturated carbocycles. The number of carbonyl (C=O) groups excluding carboxylic acids is 1. The van der Waals surface area contributed by atoms with E-state index in [9.17, 15) is 4.79 Å². The van der Waals surface area contributed by atoms with Gasteiger partial charge in [0.25, 0.3) is 0 Å². The molecule has 0 aromatic carbocycles. The first kappa shape index (κ1) is 16.5. The fourth-order valence-electron chi connectivity index (χ4n) is 3.75. The summed E-state index contributed by atoms with van der Waals surface area (Å²) in [6.45, 7) is 8.09. The molecule has 0 bridgehead atoms. The van der Waals surface area contributed by atoms with Crippen molar-refractivity contribution in [1.82, 2.24) is 14.7 Å². The van der Waals surface area contributed by atoms with Crippen LogP contribution in [0, 0.1) is 11.3 Å². The normalized spacial score (nSPS) is 22.9. The zero-order chi connectivity index (χ0) is 16.6. The van der Waals surface area contributed by atoms with Gasteiger partial charge in [-0.15, -0.1) is 0 Å². The lowest BCUT2D eigenvalue weighted by molar-refractivity contribution is -0.147. The van der Waals surface area contributed by atoms with Gasteiger partial charge in [0.15, 0.2) is 0 Å². The van der Waals surface area contributed by atoms with Gasteiger partial charge in [-0.25, -0.2) is 0 Å². The van der Waals surface area contributed by atoms with Gasteiger partial charge in [-0.2, -0.15) is 5.10 Å². The summed E-state index contributed by atoms with van der Waals surface area (Å²) < 4.78 is 2.06. The van der Waals surface area contributed by atoms with Crippen LogP contribution >= 0.6 is 0 Å². The number of aromatic nitrogens is 2. The highest BCUT2D eigenvalue weighted by Gasteiger charge is 2.42. The number of carbonyl (C=O) groups is 1. The molecule has 1 unspecified atom stereocenters. The molecule has 1 aromatic heterocycles. The number of rotatable bonds is 4. The molecule has 1 amide bonds. The molecule has 128 valence electrons. The molecule has 0 radical (unpaired) electrons. The van der Waals surface area contributed by atoms with Gasteiger partial charge in [-0.05, 0) is 31.6 Å². The summed E-state index contributed by atoms with van der Waals surface area (Å²) in [7, 11) is 0. The molecule has 1 aromatic rings. The van der Waals surface area contributed by atoms with E-state index in [4.69, 9.17) is 5.73 Å². The molecule has 1 atom stereocenters. The van der Waals surface area contributed by atoms with Crippen LogP contribution in [0.15, 0.2) is 12.4 Å². The van der Waals surface area contributed by atoms with Crippen molar-refractivity contribution in [2.75, 3.05) is 13.1 Å². The number of nitrogens with two attached hydrogens (primary N) is 1. The molecule has 5 heteroatoms. The Morgan fingerprint density at radius 2 is 2.00 bits per heavy atom. The number of likely N-dealkylation sites (tertiary alicyclic amines) is 1. The van der Waals surface area contributed by atoms with E-state index in [1.54, 1.807) is 0 Å². The van der Waals surface area contributed by atoms with Crippen molar-refractivity contribution in [3.05, 3.63) is 18.0 Å². The van der Waals surface area contributed by atoms with Crippen molar-refractivity contribution in [2.24, 2.45) is 17.1 Å². The third-order valence-corrected chi connectivity index (χ3v) is 5.82. The molecule has 2 N–H and O–H groups in total. The van der Waals surface area contributed by atoms with Crippen LogP contribution in [0.3, 0.4) is 0 Å². The maximum atomic E-state index is 12.6. The number of hydrogen-bond donors (Lipinski definition) is 1. The van der Waals surface area contributed by atoms with Gasteiger partial charge in [0.1, 0.15) is 0 Å². The van der Waals surface area contributed by atoms with Gasteiger partial charge in [0.05, 0.1) is 12.2 Å². The summed E-state index contributed by atoms with van der Waals surface area (Å²) in [6, 6.07) is 0.436. The first-order valence-electron chi connectivity index (χ1n) is 9.00. The smallest absolute Gasteiger partial charge is 0.228 e. The van der Waals surface area contributed by atoms with Crippen molar-refractivity contribution < 1.29 is 4.79 Å². The molecule has 2 aliphatic rings. The minimum atomic E-state index is -0.0737. The Morgan fingerprint density at radius 3 is 2.52 bits per heavy atom. The third-order valence-electron chi connectivity index (χ3n) is 5.82. The Balaban J connectivity index is 1.58. The van der Waals surface area contributed by atoms with Crippen molar-refractivity contribution in [3.8, 4) is 0 Å². The summed E-state index contributed by atoms with van der Waals surface area (Å²) >= 11 is 0. The van der Waals surface area contributed by atoms with Crippen LogP contribution in [-0.4, -0.2) is 33.7 Å². The molecular weight excluding hydrogens is 288 g/mol. The van der Waals surface area contributed by atoms with Gasteiger partial charge in [0.2, 0.25) is 5.91 Å². The molecule has 5 nitrogen and oxygen atoms in total. The van der Waals surface area contributed by atoms with Crippen molar-refractivity contribution in [2.45, 2.75) is 65.0 Å². The molecule has 2 fully saturated rings. The lowest BCUT2D eigenvalue weighted by atomic mass is 9.69. The van der Waals surface area contributed by atoms with Crippen LogP contribution < -0.4 is 5.73 Å². The lowest BCUT2D eigenvalue weighted by Gasteiger charge is -2.43. The Labute approximate surface area is 139 Å². The Morgan fingerprint density at radius 1 is 1.35 bits per heavy atom. The fraction of sp³-hybridized carbons (Fsp3) is 0.778.